The molecule has 5 heteroatoms. The maximum Gasteiger partial charge on any atom is 0.356 e. The number of nitrogens with one attached hydrogen (secondary N) is 1. The van der Waals surface area contributed by atoms with Gasteiger partial charge in [0.2, 0.25) is 0 Å². The Morgan fingerprint density at radius 3 is 2.92 bits per heavy atom. The highest BCUT2D eigenvalue weighted by Gasteiger charge is 2.10. The number of carbonyl (C=O) groups is 1. The molecule has 0 aromatic carbocycles. The van der Waals surface area contributed by atoms with Gasteiger partial charge in [0.15, 0.2) is 5.69 Å². The number of nitrogens with zero attached hydrogens (tertiary/aromatic N) is 1. The Morgan fingerprint density at radius 2 is 2.42 bits per heavy atom. The third-order valence-corrected chi connectivity index (χ3v) is 1.42. The van der Waals surface area contributed by atoms with E-state index >= 15 is 0 Å². The van der Waals surface area contributed by atoms with Gasteiger partial charge in [0.1, 0.15) is 0 Å². The molecule has 0 saturated carbocycles. The molecule has 0 radical (unpaired) electrons. The summed E-state index contributed by atoms with van der Waals surface area (Å²) in [5.41, 5.74) is 0.854. The minimum Gasteiger partial charge on any atom is -0.476 e. The second-order valence-electron chi connectivity index (χ2n) is 2.28. The first-order valence-electron chi connectivity index (χ1n) is 3.51. The largest absolute Gasteiger partial charge is 0.476 e. The van der Waals surface area contributed by atoms with Crippen molar-refractivity contribution in [1.29, 1.82) is 0 Å². The molecule has 12 heavy (non-hydrogen) atoms. The zero-order chi connectivity index (χ0) is 8.27. The number of aromatic amines is 1. The minimum absolute atomic E-state index is 0. The van der Waals surface area contributed by atoms with Crippen LogP contribution in [0.2, 0.25) is 0 Å². The second-order valence-corrected chi connectivity index (χ2v) is 2.28. The van der Waals surface area contributed by atoms with Crippen LogP contribution >= 0.6 is 12.4 Å². The fraction of sp³-hybridized carbons (Fsp3) is 0.429. The molecule has 0 aliphatic carbocycles. The molecule has 1 aromatic heterocycles. The van der Waals surface area contributed by atoms with Crippen LogP contribution in [0.15, 0.2) is 6.33 Å². The quantitative estimate of drug-likeness (QED) is 0.759. The standard InChI is InChI=1S/C7H10N2O2.ClH/c1-2-3-5-6(7(10)11)9-4-8-5;/h4H,2-3H2,1H3,(H,8,9)(H,10,11);1H. The second kappa shape index (κ2) is 4.77. The van der Waals surface area contributed by atoms with Gasteiger partial charge < -0.3 is 10.1 Å². The van der Waals surface area contributed by atoms with Gasteiger partial charge in [0.25, 0.3) is 0 Å². The summed E-state index contributed by atoms with van der Waals surface area (Å²) in [4.78, 5) is 17.0. The smallest absolute Gasteiger partial charge is 0.356 e. The summed E-state index contributed by atoms with van der Waals surface area (Å²) in [7, 11) is 0. The molecular weight excluding hydrogens is 180 g/mol. The van der Waals surface area contributed by atoms with Crippen molar-refractivity contribution in [2.45, 2.75) is 19.8 Å². The minimum atomic E-state index is -0.963. The molecule has 1 heterocycles. The average Bonchev–Trinajstić information content (AvgIpc) is 2.36. The molecule has 0 aliphatic rings. The monoisotopic (exact) mass is 190 g/mol. The van der Waals surface area contributed by atoms with E-state index in [0.717, 1.165) is 12.8 Å². The van der Waals surface area contributed by atoms with Gasteiger partial charge in [0, 0.05) is 5.69 Å². The summed E-state index contributed by atoms with van der Waals surface area (Å²) >= 11 is 0. The van der Waals surface area contributed by atoms with Gasteiger partial charge in [-0.2, -0.15) is 0 Å². The van der Waals surface area contributed by atoms with E-state index in [1.807, 2.05) is 6.92 Å². The van der Waals surface area contributed by atoms with Gasteiger partial charge in [-0.25, -0.2) is 9.78 Å². The Balaban J connectivity index is 0.00000121. The number of halogens is 1. The lowest BCUT2D eigenvalue weighted by Crippen LogP contribution is -2.01. The van der Waals surface area contributed by atoms with Crippen molar-refractivity contribution >= 4 is 18.4 Å². The first kappa shape index (κ1) is 11.0. The van der Waals surface area contributed by atoms with Crippen molar-refractivity contribution in [3.05, 3.63) is 17.7 Å². The summed E-state index contributed by atoms with van der Waals surface area (Å²) in [6.45, 7) is 1.99. The molecular formula is C7H11ClN2O2. The van der Waals surface area contributed by atoms with Gasteiger partial charge in [-0.15, -0.1) is 12.4 Å². The van der Waals surface area contributed by atoms with Gasteiger partial charge in [-0.1, -0.05) is 13.3 Å². The number of imidazole rings is 1. The fourth-order valence-corrected chi connectivity index (χ4v) is 0.946. The van der Waals surface area contributed by atoms with Crippen molar-refractivity contribution in [2.75, 3.05) is 0 Å². The fourth-order valence-electron chi connectivity index (χ4n) is 0.946. The molecule has 0 bridgehead atoms. The maximum atomic E-state index is 10.5. The highest BCUT2D eigenvalue weighted by atomic mass is 35.5. The zero-order valence-electron chi connectivity index (χ0n) is 6.70. The normalized spacial score (nSPS) is 9.08. The lowest BCUT2D eigenvalue weighted by molar-refractivity contribution is 0.0690. The SMILES string of the molecule is CCCc1[nH]cnc1C(=O)O.Cl. The van der Waals surface area contributed by atoms with E-state index < -0.39 is 5.97 Å². The maximum absolute atomic E-state index is 10.5. The highest BCUT2D eigenvalue weighted by molar-refractivity contribution is 5.86. The number of rotatable bonds is 3. The molecule has 0 aliphatic heterocycles. The molecule has 0 atom stereocenters. The van der Waals surface area contributed by atoms with E-state index in [2.05, 4.69) is 9.97 Å². The van der Waals surface area contributed by atoms with Gasteiger partial charge in [0.05, 0.1) is 6.33 Å². The predicted molar refractivity (Wildman–Crippen MR) is 46.8 cm³/mol. The Hall–Kier alpha value is -1.03. The summed E-state index contributed by atoms with van der Waals surface area (Å²) in [6, 6.07) is 0. The van der Waals surface area contributed by atoms with Crippen LogP contribution in [-0.4, -0.2) is 21.0 Å². The number of hydrogen-bond donors (Lipinski definition) is 2. The van der Waals surface area contributed by atoms with Gasteiger partial charge >= 0.3 is 5.97 Å². The zero-order valence-corrected chi connectivity index (χ0v) is 7.52. The first-order valence-corrected chi connectivity index (χ1v) is 3.51. The van der Waals surface area contributed by atoms with E-state index in [1.54, 1.807) is 0 Å². The Morgan fingerprint density at radius 1 is 1.75 bits per heavy atom. The number of carboxylic acids is 1. The summed E-state index contributed by atoms with van der Waals surface area (Å²) in [5.74, 6) is -0.963. The Bertz CT molecular complexity index is 260. The predicted octanol–water partition coefficient (Wildman–Crippen LogP) is 1.48. The molecule has 0 saturated heterocycles. The van der Waals surface area contributed by atoms with E-state index in [9.17, 15) is 4.79 Å². The summed E-state index contributed by atoms with van der Waals surface area (Å²) in [5, 5.41) is 8.60. The van der Waals surface area contributed by atoms with E-state index in [1.165, 1.54) is 6.33 Å². The molecule has 1 rings (SSSR count). The summed E-state index contributed by atoms with van der Waals surface area (Å²) < 4.78 is 0. The van der Waals surface area contributed by atoms with Crippen LogP contribution in [0.25, 0.3) is 0 Å². The summed E-state index contributed by atoms with van der Waals surface area (Å²) in [6.07, 6.45) is 3.07. The lowest BCUT2D eigenvalue weighted by atomic mass is 10.2. The van der Waals surface area contributed by atoms with Gasteiger partial charge in [-0.05, 0) is 6.42 Å². The van der Waals surface area contributed by atoms with Crippen molar-refractivity contribution < 1.29 is 9.90 Å². The van der Waals surface area contributed by atoms with Crippen molar-refractivity contribution in [3.8, 4) is 0 Å². The van der Waals surface area contributed by atoms with Crippen molar-refractivity contribution in [2.24, 2.45) is 0 Å². The third-order valence-electron chi connectivity index (χ3n) is 1.42. The van der Waals surface area contributed by atoms with Crippen LogP contribution in [-0.2, 0) is 6.42 Å². The number of H-pyrrole nitrogens is 1. The van der Waals surface area contributed by atoms with Crippen LogP contribution in [0.1, 0.15) is 29.5 Å². The van der Waals surface area contributed by atoms with Crippen LogP contribution in [0.5, 0.6) is 0 Å². The Kier molecular flexibility index (Phi) is 4.36. The Labute approximate surface area is 76.4 Å². The molecule has 0 spiro atoms. The number of carboxylic acid groups (broad SMARTS) is 1. The molecule has 68 valence electrons. The molecule has 0 fully saturated rings. The molecule has 2 N–H and O–H groups in total. The molecule has 0 unspecified atom stereocenters. The van der Waals surface area contributed by atoms with Crippen molar-refractivity contribution in [1.82, 2.24) is 9.97 Å². The van der Waals surface area contributed by atoms with E-state index in [4.69, 9.17) is 5.11 Å². The average molecular weight is 191 g/mol. The van der Waals surface area contributed by atoms with E-state index in [0.29, 0.717) is 5.69 Å². The van der Waals surface area contributed by atoms with Crippen LogP contribution in [0.4, 0.5) is 0 Å². The topological polar surface area (TPSA) is 66.0 Å². The molecule has 4 nitrogen and oxygen atoms in total. The number of hydrogen-bond acceptors (Lipinski definition) is 2. The highest BCUT2D eigenvalue weighted by Crippen LogP contribution is 2.04. The molecule has 1 aromatic rings. The third kappa shape index (κ3) is 2.23. The first-order chi connectivity index (χ1) is 5.25. The van der Waals surface area contributed by atoms with Crippen LogP contribution in [0, 0.1) is 0 Å². The van der Waals surface area contributed by atoms with Crippen LogP contribution < -0.4 is 0 Å². The van der Waals surface area contributed by atoms with Crippen molar-refractivity contribution in [3.63, 3.8) is 0 Å². The lowest BCUT2D eigenvalue weighted by Gasteiger charge is -1.93. The van der Waals surface area contributed by atoms with Crippen LogP contribution in [0.3, 0.4) is 0 Å². The van der Waals surface area contributed by atoms with E-state index in [-0.39, 0.29) is 18.1 Å². The van der Waals surface area contributed by atoms with Gasteiger partial charge in [-0.3, -0.25) is 0 Å². The number of aromatic carboxylic acids is 1. The number of aromatic nitrogens is 2. The number of aryl methyl sites for hydroxylation is 1. The molecule has 0 amide bonds.